The van der Waals surface area contributed by atoms with Crippen LogP contribution in [-0.4, -0.2) is 38.9 Å². The summed E-state index contributed by atoms with van der Waals surface area (Å²) in [6, 6.07) is 0. The van der Waals surface area contributed by atoms with Crippen molar-refractivity contribution in [2.24, 2.45) is 26.6 Å². The second-order valence-corrected chi connectivity index (χ2v) is 10.1. The van der Waals surface area contributed by atoms with Crippen molar-refractivity contribution in [1.29, 1.82) is 0 Å². The molecule has 0 aromatic heterocycles. The molecular weight excluding hydrogens is 290 g/mol. The maximum atomic E-state index is 12.2. The van der Waals surface area contributed by atoms with Gasteiger partial charge in [-0.05, 0) is 18.3 Å². The van der Waals surface area contributed by atoms with Crippen LogP contribution in [0.15, 0.2) is 4.40 Å². The van der Waals surface area contributed by atoms with Gasteiger partial charge in [0, 0.05) is 16.7 Å². The summed E-state index contributed by atoms with van der Waals surface area (Å²) in [5.41, 5.74) is 0.0730. The van der Waals surface area contributed by atoms with Gasteiger partial charge in [-0.15, -0.1) is 0 Å². The van der Waals surface area contributed by atoms with E-state index >= 15 is 0 Å². The molecule has 0 aromatic carbocycles. The van der Waals surface area contributed by atoms with Crippen molar-refractivity contribution in [2.45, 2.75) is 46.3 Å². The van der Waals surface area contributed by atoms with Crippen molar-refractivity contribution in [1.82, 2.24) is 0 Å². The van der Waals surface area contributed by atoms with E-state index in [4.69, 9.17) is 9.47 Å². The van der Waals surface area contributed by atoms with Gasteiger partial charge in [0.15, 0.2) is 0 Å². The molecule has 0 unspecified atom stereocenters. The highest BCUT2D eigenvalue weighted by Gasteiger charge is 2.78. The lowest BCUT2D eigenvalue weighted by atomic mass is 9.70. The van der Waals surface area contributed by atoms with Gasteiger partial charge in [0.05, 0.1) is 24.7 Å². The van der Waals surface area contributed by atoms with Crippen LogP contribution >= 0.6 is 0 Å². The standard InChI is InChI=1S/C15H23NO4S/c1-12(2)7-19-15(20-8-12)10-5-6-14(13(10,3)4)9-21(17,18)16-11(14)15/h10H,5-9H2,1-4H3/t10-,14+/m1/s1. The Balaban J connectivity index is 1.87. The Hall–Kier alpha value is -0.460. The van der Waals surface area contributed by atoms with Gasteiger partial charge in [0.2, 0.25) is 5.79 Å². The largest absolute Gasteiger partial charge is 0.344 e. The van der Waals surface area contributed by atoms with E-state index in [0.29, 0.717) is 18.9 Å². The third-order valence-corrected chi connectivity index (χ3v) is 7.54. The predicted molar refractivity (Wildman–Crippen MR) is 78.6 cm³/mol. The molecule has 4 rings (SSSR count). The van der Waals surface area contributed by atoms with E-state index in [1.165, 1.54) is 0 Å². The van der Waals surface area contributed by atoms with Gasteiger partial charge in [-0.1, -0.05) is 27.7 Å². The molecule has 0 amide bonds. The molecule has 2 spiro atoms. The van der Waals surface area contributed by atoms with Crippen molar-refractivity contribution < 1.29 is 17.9 Å². The van der Waals surface area contributed by atoms with Crippen LogP contribution < -0.4 is 0 Å². The molecule has 118 valence electrons. The van der Waals surface area contributed by atoms with E-state index in [0.717, 1.165) is 12.8 Å². The average molecular weight is 313 g/mol. The topological polar surface area (TPSA) is 65.0 Å². The molecule has 2 heterocycles. The van der Waals surface area contributed by atoms with Gasteiger partial charge in [0.25, 0.3) is 10.0 Å². The Morgan fingerprint density at radius 1 is 1.14 bits per heavy atom. The fourth-order valence-corrected chi connectivity index (χ4v) is 6.90. The van der Waals surface area contributed by atoms with E-state index in [-0.39, 0.29) is 22.5 Å². The van der Waals surface area contributed by atoms with Gasteiger partial charge in [0.1, 0.15) is 0 Å². The minimum absolute atomic E-state index is 0.0393. The highest BCUT2D eigenvalue weighted by atomic mass is 32.2. The minimum Gasteiger partial charge on any atom is -0.344 e. The number of sulfonamides is 1. The highest BCUT2D eigenvalue weighted by molar-refractivity contribution is 7.90. The first-order valence-electron chi connectivity index (χ1n) is 7.66. The number of fused-ring (bicyclic) bond motifs is 3. The Morgan fingerprint density at radius 2 is 1.76 bits per heavy atom. The Morgan fingerprint density at radius 3 is 2.38 bits per heavy atom. The van der Waals surface area contributed by atoms with E-state index in [9.17, 15) is 8.42 Å². The molecule has 2 bridgehead atoms. The summed E-state index contributed by atoms with van der Waals surface area (Å²) in [5, 5.41) is 0. The molecule has 2 atom stereocenters. The summed E-state index contributed by atoms with van der Waals surface area (Å²) in [6.07, 6.45) is 1.82. The van der Waals surface area contributed by atoms with Gasteiger partial charge in [-0.2, -0.15) is 4.40 Å². The lowest BCUT2D eigenvalue weighted by Gasteiger charge is -2.46. The van der Waals surface area contributed by atoms with Gasteiger partial charge in [-0.25, -0.2) is 8.42 Å². The fraction of sp³-hybridized carbons (Fsp3) is 0.933. The molecule has 4 aliphatic rings. The van der Waals surface area contributed by atoms with Gasteiger partial charge >= 0.3 is 0 Å². The number of rotatable bonds is 0. The maximum Gasteiger partial charge on any atom is 0.254 e. The van der Waals surface area contributed by atoms with Crippen LogP contribution in [0.3, 0.4) is 0 Å². The van der Waals surface area contributed by atoms with Crippen molar-refractivity contribution in [3.05, 3.63) is 0 Å². The third-order valence-electron chi connectivity index (χ3n) is 6.22. The van der Waals surface area contributed by atoms with E-state index in [2.05, 4.69) is 32.1 Å². The fourth-order valence-electron chi connectivity index (χ4n) is 4.98. The van der Waals surface area contributed by atoms with Crippen molar-refractivity contribution in [2.75, 3.05) is 19.0 Å². The highest BCUT2D eigenvalue weighted by Crippen LogP contribution is 2.71. The normalized spacial score (nSPS) is 43.8. The number of nitrogens with zero attached hydrogens (tertiary/aromatic N) is 1. The molecule has 2 aliphatic heterocycles. The predicted octanol–water partition coefficient (Wildman–Crippen LogP) is 1.98. The molecule has 2 aliphatic carbocycles. The maximum absolute atomic E-state index is 12.2. The molecule has 0 radical (unpaired) electrons. The van der Waals surface area contributed by atoms with Crippen LogP contribution in [0.5, 0.6) is 0 Å². The quantitative estimate of drug-likeness (QED) is 0.686. The summed E-state index contributed by atoms with van der Waals surface area (Å²) in [4.78, 5) is 0. The van der Waals surface area contributed by atoms with Gasteiger partial charge < -0.3 is 9.47 Å². The van der Waals surface area contributed by atoms with E-state index < -0.39 is 21.2 Å². The van der Waals surface area contributed by atoms with Crippen molar-refractivity contribution >= 4 is 15.7 Å². The zero-order valence-electron chi connectivity index (χ0n) is 13.1. The SMILES string of the molecule is CC1(C)COC2(OC1)C1=NS(=O)(=O)C[C@@]13CC[C@@H]2C3(C)C. The molecule has 5 nitrogen and oxygen atoms in total. The molecule has 0 aromatic rings. The first-order valence-corrected chi connectivity index (χ1v) is 9.27. The van der Waals surface area contributed by atoms with E-state index in [1.807, 2.05) is 0 Å². The van der Waals surface area contributed by atoms with Crippen LogP contribution in [0.4, 0.5) is 0 Å². The first-order chi connectivity index (χ1) is 9.55. The van der Waals surface area contributed by atoms with E-state index in [1.54, 1.807) is 0 Å². The summed E-state index contributed by atoms with van der Waals surface area (Å²) in [6.45, 7) is 9.66. The lowest BCUT2D eigenvalue weighted by molar-refractivity contribution is -0.285. The third kappa shape index (κ3) is 1.49. The average Bonchev–Trinajstić information content (AvgIpc) is 2.82. The molecule has 1 saturated heterocycles. The van der Waals surface area contributed by atoms with Crippen LogP contribution in [0.25, 0.3) is 0 Å². The second kappa shape index (κ2) is 3.54. The Bertz CT molecular complexity index is 639. The van der Waals surface area contributed by atoms with Crippen LogP contribution in [0, 0.1) is 22.2 Å². The molecule has 2 saturated carbocycles. The summed E-state index contributed by atoms with van der Waals surface area (Å²) >= 11 is 0. The first kappa shape index (κ1) is 14.2. The Kier molecular flexibility index (Phi) is 2.39. The lowest BCUT2D eigenvalue weighted by Crippen LogP contribution is -2.56. The number of hydrogen-bond donors (Lipinski definition) is 0. The summed E-state index contributed by atoms with van der Waals surface area (Å²) < 4.78 is 40.8. The minimum atomic E-state index is -3.40. The summed E-state index contributed by atoms with van der Waals surface area (Å²) in [5.74, 6) is -0.590. The van der Waals surface area contributed by atoms with Crippen LogP contribution in [0.2, 0.25) is 0 Å². The molecule has 21 heavy (non-hydrogen) atoms. The van der Waals surface area contributed by atoms with Crippen LogP contribution in [-0.2, 0) is 19.5 Å². The van der Waals surface area contributed by atoms with Crippen LogP contribution in [0.1, 0.15) is 40.5 Å². The summed E-state index contributed by atoms with van der Waals surface area (Å²) in [7, 11) is -3.40. The van der Waals surface area contributed by atoms with Crippen molar-refractivity contribution in [3.8, 4) is 0 Å². The molecule has 0 N–H and O–H groups in total. The monoisotopic (exact) mass is 313 g/mol. The number of hydrogen-bond acceptors (Lipinski definition) is 4. The molecular formula is C15H23NO4S. The smallest absolute Gasteiger partial charge is 0.254 e. The zero-order chi connectivity index (χ0) is 15.3. The van der Waals surface area contributed by atoms with Crippen molar-refractivity contribution in [3.63, 3.8) is 0 Å². The number of ether oxygens (including phenoxy) is 2. The second-order valence-electron chi connectivity index (χ2n) is 8.47. The molecule has 3 fully saturated rings. The Labute approximate surface area is 126 Å². The molecule has 6 heteroatoms. The zero-order valence-corrected chi connectivity index (χ0v) is 13.9. The van der Waals surface area contributed by atoms with Gasteiger partial charge in [-0.3, -0.25) is 0 Å².